The second kappa shape index (κ2) is 3.34. The van der Waals surface area contributed by atoms with Crippen LogP contribution in [0.2, 0.25) is 0 Å². The van der Waals surface area contributed by atoms with Crippen LogP contribution in [0.4, 0.5) is 0 Å². The lowest BCUT2D eigenvalue weighted by Gasteiger charge is -2.10. The topological polar surface area (TPSA) is 63.3 Å². The molecule has 1 atom stereocenters. The van der Waals surface area contributed by atoms with Gasteiger partial charge in [0.15, 0.2) is 0 Å². The first-order valence-electron chi connectivity index (χ1n) is 3.57. The van der Waals surface area contributed by atoms with Crippen molar-refractivity contribution in [2.75, 3.05) is 0 Å². The molecule has 3 nitrogen and oxygen atoms in total. The van der Waals surface area contributed by atoms with Crippen LogP contribution in [0.5, 0.6) is 0 Å². The molecule has 0 aromatic carbocycles. The van der Waals surface area contributed by atoms with E-state index in [1.165, 1.54) is 0 Å². The van der Waals surface area contributed by atoms with Crippen LogP contribution in [0, 0.1) is 0 Å². The van der Waals surface area contributed by atoms with Gasteiger partial charge in [0, 0.05) is 0 Å². The molecule has 0 fully saturated rings. The Morgan fingerprint density at radius 1 is 1.64 bits per heavy atom. The van der Waals surface area contributed by atoms with Crippen LogP contribution >= 0.6 is 0 Å². The second-order valence-electron chi connectivity index (χ2n) is 2.50. The van der Waals surface area contributed by atoms with Crippen LogP contribution in [0.15, 0.2) is 23.8 Å². The van der Waals surface area contributed by atoms with Gasteiger partial charge < -0.3 is 10.8 Å². The van der Waals surface area contributed by atoms with Gasteiger partial charge in [0.25, 0.3) is 0 Å². The molecule has 0 saturated carbocycles. The van der Waals surface area contributed by atoms with Crippen LogP contribution in [-0.4, -0.2) is 17.1 Å². The van der Waals surface area contributed by atoms with E-state index < -0.39 is 12.0 Å². The number of hydrogen-bond donors (Lipinski definition) is 2. The Bertz CT molecular complexity index is 218. The fourth-order valence-corrected chi connectivity index (χ4v) is 1.01. The highest BCUT2D eigenvalue weighted by Crippen LogP contribution is 2.11. The van der Waals surface area contributed by atoms with Gasteiger partial charge in [-0.2, -0.15) is 0 Å². The lowest BCUT2D eigenvalue weighted by atomic mass is 10.0. The summed E-state index contributed by atoms with van der Waals surface area (Å²) in [6, 6.07) is -0.855. The van der Waals surface area contributed by atoms with Gasteiger partial charge in [0.05, 0.1) is 0 Å². The van der Waals surface area contributed by atoms with E-state index in [1.807, 2.05) is 12.2 Å². The summed E-state index contributed by atoms with van der Waals surface area (Å²) in [4.78, 5) is 10.4. The van der Waals surface area contributed by atoms with Crippen molar-refractivity contribution >= 4 is 5.97 Å². The van der Waals surface area contributed by atoms with Crippen molar-refractivity contribution in [1.82, 2.24) is 0 Å². The summed E-state index contributed by atoms with van der Waals surface area (Å²) in [6.45, 7) is 0. The monoisotopic (exact) mass is 153 g/mol. The maximum Gasteiger partial charge on any atom is 0.325 e. The maximum absolute atomic E-state index is 10.4. The van der Waals surface area contributed by atoms with Crippen LogP contribution in [0.1, 0.15) is 12.8 Å². The predicted octanol–water partition coefficient (Wildman–Crippen LogP) is 0.675. The zero-order valence-corrected chi connectivity index (χ0v) is 6.16. The Morgan fingerprint density at radius 3 is 2.82 bits per heavy atom. The number of rotatable bonds is 2. The SMILES string of the molecule is NC(C(=O)O)C1=CCCC=C1. The molecular formula is C8H11NO2. The molecule has 0 aromatic rings. The van der Waals surface area contributed by atoms with Gasteiger partial charge in [0.1, 0.15) is 6.04 Å². The average Bonchev–Trinajstić information content (AvgIpc) is 2.05. The van der Waals surface area contributed by atoms with Crippen LogP contribution in [-0.2, 0) is 4.79 Å². The van der Waals surface area contributed by atoms with Gasteiger partial charge in [-0.1, -0.05) is 18.2 Å². The predicted molar refractivity (Wildman–Crippen MR) is 42.1 cm³/mol. The molecule has 60 valence electrons. The lowest BCUT2D eigenvalue weighted by molar-refractivity contribution is -0.137. The summed E-state index contributed by atoms with van der Waals surface area (Å²) in [5.74, 6) is -0.970. The smallest absolute Gasteiger partial charge is 0.325 e. The molecule has 1 rings (SSSR count). The third-order valence-corrected chi connectivity index (χ3v) is 1.65. The van der Waals surface area contributed by atoms with Crippen molar-refractivity contribution in [2.24, 2.45) is 5.73 Å². The molecule has 0 saturated heterocycles. The normalized spacial score (nSPS) is 19.2. The Kier molecular flexibility index (Phi) is 2.44. The number of hydrogen-bond acceptors (Lipinski definition) is 2. The third kappa shape index (κ3) is 1.91. The van der Waals surface area contributed by atoms with Gasteiger partial charge >= 0.3 is 5.97 Å². The Morgan fingerprint density at radius 2 is 2.36 bits per heavy atom. The van der Waals surface area contributed by atoms with Crippen molar-refractivity contribution < 1.29 is 9.90 Å². The van der Waals surface area contributed by atoms with Crippen molar-refractivity contribution in [3.8, 4) is 0 Å². The highest BCUT2D eigenvalue weighted by molar-refractivity contribution is 5.78. The quantitative estimate of drug-likeness (QED) is 0.613. The first kappa shape index (κ1) is 8.01. The Hall–Kier alpha value is -1.09. The molecule has 1 aliphatic rings. The molecule has 0 amide bonds. The number of carboxylic acids is 1. The molecule has 0 spiro atoms. The first-order valence-corrected chi connectivity index (χ1v) is 3.57. The largest absolute Gasteiger partial charge is 0.480 e. The second-order valence-corrected chi connectivity index (χ2v) is 2.50. The average molecular weight is 153 g/mol. The summed E-state index contributed by atoms with van der Waals surface area (Å²) < 4.78 is 0. The minimum absolute atomic E-state index is 0.712. The van der Waals surface area contributed by atoms with Crippen LogP contribution in [0.25, 0.3) is 0 Å². The van der Waals surface area contributed by atoms with Gasteiger partial charge in [-0.3, -0.25) is 4.79 Å². The molecule has 0 radical (unpaired) electrons. The third-order valence-electron chi connectivity index (χ3n) is 1.65. The van der Waals surface area contributed by atoms with E-state index in [0.29, 0.717) is 5.57 Å². The minimum atomic E-state index is -0.970. The zero-order chi connectivity index (χ0) is 8.27. The van der Waals surface area contributed by atoms with E-state index in [9.17, 15) is 4.79 Å². The molecule has 0 aliphatic heterocycles. The molecular weight excluding hydrogens is 142 g/mol. The molecule has 0 bridgehead atoms. The molecule has 1 aliphatic carbocycles. The van der Waals surface area contributed by atoms with E-state index in [2.05, 4.69) is 0 Å². The molecule has 11 heavy (non-hydrogen) atoms. The fourth-order valence-electron chi connectivity index (χ4n) is 1.01. The molecule has 0 aromatic heterocycles. The van der Waals surface area contributed by atoms with E-state index in [-0.39, 0.29) is 0 Å². The van der Waals surface area contributed by atoms with E-state index in [0.717, 1.165) is 12.8 Å². The van der Waals surface area contributed by atoms with Gasteiger partial charge in [-0.25, -0.2) is 0 Å². The highest BCUT2D eigenvalue weighted by atomic mass is 16.4. The Balaban J connectivity index is 2.66. The van der Waals surface area contributed by atoms with Crippen LogP contribution < -0.4 is 5.73 Å². The lowest BCUT2D eigenvalue weighted by Crippen LogP contribution is -2.31. The van der Waals surface area contributed by atoms with Gasteiger partial charge in [0.2, 0.25) is 0 Å². The van der Waals surface area contributed by atoms with Crippen molar-refractivity contribution in [2.45, 2.75) is 18.9 Å². The zero-order valence-electron chi connectivity index (χ0n) is 6.16. The number of allylic oxidation sites excluding steroid dienone is 2. The van der Waals surface area contributed by atoms with E-state index in [4.69, 9.17) is 10.8 Å². The van der Waals surface area contributed by atoms with Crippen molar-refractivity contribution in [3.05, 3.63) is 23.8 Å². The Labute approximate surface area is 65.2 Å². The molecule has 1 unspecified atom stereocenters. The number of carbonyl (C=O) groups is 1. The number of aliphatic carboxylic acids is 1. The summed E-state index contributed by atoms with van der Waals surface area (Å²) in [5.41, 5.74) is 6.08. The van der Waals surface area contributed by atoms with Crippen LogP contribution in [0.3, 0.4) is 0 Å². The fraction of sp³-hybridized carbons (Fsp3) is 0.375. The van der Waals surface area contributed by atoms with Crippen molar-refractivity contribution in [1.29, 1.82) is 0 Å². The first-order chi connectivity index (χ1) is 5.22. The standard InChI is InChI=1S/C8H11NO2/c9-7(8(10)11)6-4-2-1-3-5-6/h2,4-5,7H,1,3,9H2,(H,10,11). The van der Waals surface area contributed by atoms with E-state index in [1.54, 1.807) is 6.08 Å². The van der Waals surface area contributed by atoms with E-state index >= 15 is 0 Å². The summed E-state index contributed by atoms with van der Waals surface area (Å²) in [7, 11) is 0. The van der Waals surface area contributed by atoms with Gasteiger partial charge in [-0.05, 0) is 18.4 Å². The van der Waals surface area contributed by atoms with Crippen molar-refractivity contribution in [3.63, 3.8) is 0 Å². The molecule has 3 heteroatoms. The molecule has 0 heterocycles. The summed E-state index contributed by atoms with van der Waals surface area (Å²) in [5, 5.41) is 8.53. The minimum Gasteiger partial charge on any atom is -0.480 e. The summed E-state index contributed by atoms with van der Waals surface area (Å²) in [6.07, 6.45) is 7.47. The maximum atomic E-state index is 10.4. The van der Waals surface area contributed by atoms with Gasteiger partial charge in [-0.15, -0.1) is 0 Å². The number of nitrogens with two attached hydrogens (primary N) is 1. The summed E-state index contributed by atoms with van der Waals surface area (Å²) >= 11 is 0. The highest BCUT2D eigenvalue weighted by Gasteiger charge is 2.15. The molecule has 3 N–H and O–H groups in total. The number of carboxylic acid groups (broad SMARTS) is 1.